The molecule has 0 saturated heterocycles. The Labute approximate surface area is 164 Å². The summed E-state index contributed by atoms with van der Waals surface area (Å²) >= 11 is 0. The number of fused-ring (bicyclic) bond motifs is 8. The number of nitro benzene ring substituents is 1. The minimum atomic E-state index is -0.531. The van der Waals surface area contributed by atoms with Crippen LogP contribution in [0.25, 0.3) is 32.7 Å². The summed E-state index contributed by atoms with van der Waals surface area (Å²) in [5.41, 5.74) is 1.77. The molecule has 0 radical (unpaired) electrons. The number of nitrogens with one attached hydrogen (secondary N) is 1. The summed E-state index contributed by atoms with van der Waals surface area (Å²) in [5, 5.41) is 14.8. The minimum absolute atomic E-state index is 0. The van der Waals surface area contributed by atoms with E-state index < -0.39 is 16.7 Å². The van der Waals surface area contributed by atoms with Crippen molar-refractivity contribution in [3.8, 4) is 0 Å². The van der Waals surface area contributed by atoms with Crippen molar-refractivity contribution >= 4 is 50.2 Å². The predicted molar refractivity (Wildman–Crippen MR) is 94.9 cm³/mol. The van der Waals surface area contributed by atoms with Gasteiger partial charge in [0.2, 0.25) is 0 Å². The molecule has 0 saturated carbocycles. The number of nitro groups is 1. The summed E-state index contributed by atoms with van der Waals surface area (Å²) in [6.45, 7) is 0. The van der Waals surface area contributed by atoms with E-state index >= 15 is 0 Å². The Morgan fingerprint density at radius 2 is 1.81 bits per heavy atom. The normalized spacial score (nSPS) is 12.6. The van der Waals surface area contributed by atoms with Crippen LogP contribution in [0.5, 0.6) is 0 Å². The number of imide groups is 1. The van der Waals surface area contributed by atoms with Gasteiger partial charge in [-0.25, -0.2) is 0 Å². The molecule has 0 atom stereocenters. The fraction of sp³-hybridized carbons (Fsp3) is 0. The average Bonchev–Trinajstić information content (AvgIpc) is 3.12. The molecule has 0 bridgehead atoms. The Kier molecular flexibility index (Phi) is 4.28. The predicted octanol–water partition coefficient (Wildman–Crippen LogP) is 2.74. The summed E-state index contributed by atoms with van der Waals surface area (Å²) < 4.78 is 0. The molecular weight excluding hydrogens is 437 g/mol. The van der Waals surface area contributed by atoms with Crippen LogP contribution < -0.4 is 10.3 Å². The molecule has 3 heterocycles. The molecule has 4 aromatic rings. The van der Waals surface area contributed by atoms with E-state index in [1.165, 1.54) is 18.2 Å². The van der Waals surface area contributed by atoms with E-state index in [2.05, 4.69) is 15.3 Å². The summed E-state index contributed by atoms with van der Waals surface area (Å²) in [7, 11) is 0. The van der Waals surface area contributed by atoms with Crippen LogP contribution >= 0.6 is 0 Å². The van der Waals surface area contributed by atoms with E-state index in [-0.39, 0.29) is 43.7 Å². The number of nitrogens with zero attached hydrogens (tertiary/aromatic N) is 3. The number of carbonyl (C=O) groups is 2. The molecule has 8 nitrogen and oxygen atoms in total. The van der Waals surface area contributed by atoms with Crippen LogP contribution in [-0.2, 0) is 19.5 Å². The van der Waals surface area contributed by atoms with Gasteiger partial charge in [0.15, 0.2) is 0 Å². The topological polar surface area (TPSA) is 116 Å². The van der Waals surface area contributed by atoms with E-state index in [4.69, 9.17) is 0 Å². The number of benzene rings is 2. The van der Waals surface area contributed by atoms with Crippen LogP contribution in [0.2, 0.25) is 0 Å². The number of hydrogen-bond donors (Lipinski definition) is 1. The molecule has 134 valence electrons. The second-order valence-corrected chi connectivity index (χ2v) is 5.73. The van der Waals surface area contributed by atoms with Gasteiger partial charge in [-0.3, -0.25) is 30.0 Å². The molecule has 27 heavy (non-hydrogen) atoms. The zero-order valence-electron chi connectivity index (χ0n) is 13.8. The molecule has 0 spiro atoms. The molecule has 0 fully saturated rings. The fourth-order valence-corrected chi connectivity index (χ4v) is 3.41. The number of amides is 2. The zero-order chi connectivity index (χ0) is 17.3. The monoisotopic (exact) mass is 448 g/mol. The van der Waals surface area contributed by atoms with E-state index in [1.807, 2.05) is 0 Å². The van der Waals surface area contributed by atoms with Crippen molar-refractivity contribution in [2.45, 2.75) is 0 Å². The quantitative estimate of drug-likeness (QED) is 0.158. The minimum Gasteiger partial charge on any atom is -0.655 e. The molecule has 0 unspecified atom stereocenters. The van der Waals surface area contributed by atoms with Gasteiger partial charge in [0.05, 0.1) is 21.6 Å². The number of carbonyl (C=O) groups excluding carboxylic acids is 2. The second kappa shape index (κ2) is 6.21. The van der Waals surface area contributed by atoms with Crippen LogP contribution in [0.15, 0.2) is 36.5 Å². The maximum absolute atomic E-state index is 12.4. The van der Waals surface area contributed by atoms with Crippen molar-refractivity contribution in [2.75, 3.05) is 0 Å². The van der Waals surface area contributed by atoms with Crippen molar-refractivity contribution in [1.29, 1.82) is 0 Å². The maximum Gasteiger partial charge on any atom is 2.00 e. The maximum atomic E-state index is 12.4. The smallest absolute Gasteiger partial charge is 0.655 e. The van der Waals surface area contributed by atoms with Gasteiger partial charge in [-0.2, -0.15) is 0 Å². The Morgan fingerprint density at radius 3 is 2.56 bits per heavy atom. The van der Waals surface area contributed by atoms with Crippen molar-refractivity contribution < 1.29 is 34.0 Å². The third-order valence-electron chi connectivity index (χ3n) is 4.41. The van der Waals surface area contributed by atoms with Crippen molar-refractivity contribution in [1.82, 2.24) is 15.3 Å². The van der Waals surface area contributed by atoms with E-state index in [0.29, 0.717) is 32.7 Å². The van der Waals surface area contributed by atoms with Gasteiger partial charge in [0.1, 0.15) is 0 Å². The van der Waals surface area contributed by atoms with Crippen LogP contribution in [0.4, 0.5) is 5.69 Å². The largest absolute Gasteiger partial charge is 2.00 e. The number of rotatable bonds is 1. The molecular formula is C18H10N4O4Ru. The Hall–Kier alpha value is -3.19. The van der Waals surface area contributed by atoms with Gasteiger partial charge >= 0.3 is 19.5 Å². The number of hydrogen-bond acceptors (Lipinski definition) is 5. The van der Waals surface area contributed by atoms with Gasteiger partial charge in [-0.15, -0.1) is 11.0 Å². The summed E-state index contributed by atoms with van der Waals surface area (Å²) in [4.78, 5) is 44.1. The van der Waals surface area contributed by atoms with E-state index in [1.54, 1.807) is 18.3 Å². The molecule has 1 aliphatic rings. The third-order valence-corrected chi connectivity index (χ3v) is 4.41. The molecule has 0 aliphatic carbocycles. The Balaban J connectivity index is 0.00000105. The molecule has 2 aromatic heterocycles. The van der Waals surface area contributed by atoms with Gasteiger partial charge in [-0.05, 0) is 16.8 Å². The van der Waals surface area contributed by atoms with Crippen LogP contribution in [0, 0.1) is 17.5 Å². The van der Waals surface area contributed by atoms with Crippen molar-refractivity contribution in [3.63, 3.8) is 0 Å². The average molecular weight is 447 g/mol. The zero-order valence-corrected chi connectivity index (χ0v) is 15.5. The molecule has 9 heteroatoms. The summed E-state index contributed by atoms with van der Waals surface area (Å²) in [6.07, 6.45) is 1.57. The number of non-ortho nitro benzene ring substituents is 1. The summed E-state index contributed by atoms with van der Waals surface area (Å²) in [5.74, 6) is -1.03. The van der Waals surface area contributed by atoms with Crippen molar-refractivity contribution in [3.05, 3.63) is 65.2 Å². The molecule has 2 aromatic carbocycles. The van der Waals surface area contributed by atoms with Crippen LogP contribution in [0.3, 0.4) is 0 Å². The van der Waals surface area contributed by atoms with E-state index in [9.17, 15) is 19.7 Å². The summed E-state index contributed by atoms with van der Waals surface area (Å²) in [6, 6.07) is 7.65. The third kappa shape index (κ3) is 2.35. The number of pyridine rings is 1. The molecule has 2 amide bonds. The Bertz CT molecular complexity index is 1300. The van der Waals surface area contributed by atoms with Crippen molar-refractivity contribution in [2.24, 2.45) is 0 Å². The van der Waals surface area contributed by atoms with Gasteiger partial charge in [-0.1, -0.05) is 12.1 Å². The van der Waals surface area contributed by atoms with Crippen LogP contribution in [-0.4, -0.2) is 21.7 Å². The second-order valence-electron chi connectivity index (χ2n) is 5.73. The first-order chi connectivity index (χ1) is 12.1. The van der Waals surface area contributed by atoms with Gasteiger partial charge in [0, 0.05) is 23.7 Å². The molecule has 1 N–H and O–H groups in total. The first-order valence-electron chi connectivity index (χ1n) is 7.37. The fourth-order valence-electron chi connectivity index (χ4n) is 3.41. The molecule has 5 rings (SSSR count). The van der Waals surface area contributed by atoms with E-state index in [0.717, 1.165) is 0 Å². The Morgan fingerprint density at radius 1 is 1.07 bits per heavy atom. The standard InChI is InChI=1S/C17H8N4O4.CH3.Ru/c22-16-12-8-2-1-5-18-14(8)15-11(13(12)17(23)20-16)9-6-7(21(24)25)3-4-10(9)19-15;;/h1-6H,(H2,18,19,20,22,23);1H3;/q;-1;+2/p-1. The van der Waals surface area contributed by atoms with Gasteiger partial charge < -0.3 is 12.4 Å². The molecule has 1 aliphatic heterocycles. The van der Waals surface area contributed by atoms with Gasteiger partial charge in [0.25, 0.3) is 17.5 Å². The number of aromatic nitrogens is 2. The SMILES string of the molecule is O=C1NC(=O)c2c1c1cccnc1c1[n-]c3ccc([N+](=O)[O-])cc3c21.[CH3-].[Ru+2]. The first kappa shape index (κ1) is 18.6. The first-order valence-corrected chi connectivity index (χ1v) is 7.37. The van der Waals surface area contributed by atoms with Crippen LogP contribution in [0.1, 0.15) is 20.7 Å².